The third kappa shape index (κ3) is 3.69. The molecular weight excluding hydrogens is 282 g/mol. The summed E-state index contributed by atoms with van der Waals surface area (Å²) in [5, 5.41) is 2.44. The Bertz CT molecular complexity index is 547. The Balaban J connectivity index is 1.94. The van der Waals surface area contributed by atoms with Crippen LogP contribution in [0.5, 0.6) is 0 Å². The molecule has 1 atom stereocenters. The Labute approximate surface area is 131 Å². The van der Waals surface area contributed by atoms with E-state index in [0.29, 0.717) is 6.54 Å². The predicted octanol–water partition coefficient (Wildman–Crippen LogP) is 1.39. The summed E-state index contributed by atoms with van der Waals surface area (Å²) in [6.45, 7) is 6.32. The third-order valence-corrected chi connectivity index (χ3v) is 3.97. The van der Waals surface area contributed by atoms with Crippen LogP contribution < -0.4 is 10.2 Å². The van der Waals surface area contributed by atoms with Gasteiger partial charge in [0.15, 0.2) is 0 Å². The summed E-state index contributed by atoms with van der Waals surface area (Å²) in [6, 6.07) is 8.36. The highest BCUT2D eigenvalue weighted by Crippen LogP contribution is 2.22. The fraction of sp³-hybridized carbons (Fsp3) is 0.500. The van der Waals surface area contributed by atoms with Crippen LogP contribution in [-0.4, -0.2) is 56.2 Å². The second-order valence-electron chi connectivity index (χ2n) is 5.51. The summed E-state index contributed by atoms with van der Waals surface area (Å²) in [5.74, 6) is -0.0812. The van der Waals surface area contributed by atoms with E-state index in [9.17, 15) is 9.59 Å². The molecule has 0 aliphatic carbocycles. The summed E-state index contributed by atoms with van der Waals surface area (Å²) in [7, 11) is 1.28. The van der Waals surface area contributed by atoms with Crippen molar-refractivity contribution in [3.8, 4) is 0 Å². The van der Waals surface area contributed by atoms with Crippen LogP contribution in [0.3, 0.4) is 0 Å². The molecule has 0 spiro atoms. The van der Waals surface area contributed by atoms with Gasteiger partial charge in [0.25, 0.3) is 0 Å². The predicted molar refractivity (Wildman–Crippen MR) is 85.0 cm³/mol. The molecule has 1 fully saturated rings. The van der Waals surface area contributed by atoms with Crippen molar-refractivity contribution in [2.75, 3.05) is 38.2 Å². The van der Waals surface area contributed by atoms with Crippen molar-refractivity contribution in [2.24, 2.45) is 0 Å². The number of aryl methyl sites for hydroxylation is 1. The zero-order chi connectivity index (χ0) is 16.1. The number of nitrogens with zero attached hydrogens (tertiary/aromatic N) is 2. The number of alkyl carbamates (subject to hydrolysis) is 1. The molecule has 22 heavy (non-hydrogen) atoms. The van der Waals surface area contributed by atoms with Gasteiger partial charge < -0.3 is 19.9 Å². The highest BCUT2D eigenvalue weighted by molar-refractivity contribution is 5.82. The summed E-state index contributed by atoms with van der Waals surface area (Å²) in [6.07, 6.45) is -0.584. The van der Waals surface area contributed by atoms with Crippen LogP contribution in [0.4, 0.5) is 10.5 Å². The third-order valence-electron chi connectivity index (χ3n) is 3.97. The fourth-order valence-corrected chi connectivity index (χ4v) is 2.79. The van der Waals surface area contributed by atoms with E-state index in [1.54, 1.807) is 0 Å². The number of hydrogen-bond donors (Lipinski definition) is 1. The van der Waals surface area contributed by atoms with E-state index in [-0.39, 0.29) is 18.5 Å². The summed E-state index contributed by atoms with van der Waals surface area (Å²) < 4.78 is 4.47. The van der Waals surface area contributed by atoms with E-state index in [1.807, 2.05) is 24.0 Å². The minimum Gasteiger partial charge on any atom is -0.453 e. The number of rotatable bonds is 3. The van der Waals surface area contributed by atoms with Crippen LogP contribution in [0, 0.1) is 6.92 Å². The van der Waals surface area contributed by atoms with Crippen molar-refractivity contribution in [3.05, 3.63) is 29.8 Å². The molecule has 1 aliphatic rings. The molecule has 1 heterocycles. The quantitative estimate of drug-likeness (QED) is 0.916. The summed E-state index contributed by atoms with van der Waals surface area (Å²) in [4.78, 5) is 27.3. The molecule has 1 aromatic rings. The number of carbonyl (C=O) groups excluding carboxylic acids is 2. The van der Waals surface area contributed by atoms with Gasteiger partial charge in [-0.25, -0.2) is 4.79 Å². The number of hydrogen-bond acceptors (Lipinski definition) is 4. The number of benzene rings is 1. The zero-order valence-corrected chi connectivity index (χ0v) is 13.3. The van der Waals surface area contributed by atoms with Gasteiger partial charge in [0.1, 0.15) is 6.54 Å². The monoisotopic (exact) mass is 305 g/mol. The molecule has 1 saturated heterocycles. The first-order valence-electron chi connectivity index (χ1n) is 7.44. The lowest BCUT2D eigenvalue weighted by atomic mass is 10.1. The van der Waals surface area contributed by atoms with Crippen molar-refractivity contribution in [1.82, 2.24) is 10.2 Å². The Morgan fingerprint density at radius 3 is 2.68 bits per heavy atom. The molecule has 0 bridgehead atoms. The maximum absolute atomic E-state index is 12.2. The van der Waals surface area contributed by atoms with Crippen molar-refractivity contribution in [3.63, 3.8) is 0 Å². The minimum absolute atomic E-state index is 0.0264. The van der Waals surface area contributed by atoms with Crippen LogP contribution in [0.25, 0.3) is 0 Å². The van der Waals surface area contributed by atoms with Gasteiger partial charge in [-0.15, -0.1) is 0 Å². The van der Waals surface area contributed by atoms with Crippen molar-refractivity contribution in [2.45, 2.75) is 19.9 Å². The molecular formula is C16H23N3O3. The van der Waals surface area contributed by atoms with Crippen LogP contribution in [-0.2, 0) is 9.53 Å². The zero-order valence-electron chi connectivity index (χ0n) is 13.3. The smallest absolute Gasteiger partial charge is 0.407 e. The van der Waals surface area contributed by atoms with Crippen LogP contribution >= 0.6 is 0 Å². The number of carbonyl (C=O) groups is 2. The Hall–Kier alpha value is -2.24. The molecule has 6 nitrogen and oxygen atoms in total. The largest absolute Gasteiger partial charge is 0.453 e. The Morgan fingerprint density at radius 1 is 1.32 bits per heavy atom. The highest BCUT2D eigenvalue weighted by Gasteiger charge is 2.28. The van der Waals surface area contributed by atoms with Crippen molar-refractivity contribution < 1.29 is 14.3 Å². The Kier molecular flexibility index (Phi) is 5.25. The average molecular weight is 305 g/mol. The van der Waals surface area contributed by atoms with Crippen LogP contribution in [0.15, 0.2) is 24.3 Å². The molecule has 1 aliphatic heterocycles. The molecule has 1 N–H and O–H groups in total. The lowest BCUT2D eigenvalue weighted by Gasteiger charge is -2.41. The maximum Gasteiger partial charge on any atom is 0.407 e. The van der Waals surface area contributed by atoms with Gasteiger partial charge >= 0.3 is 6.09 Å². The van der Waals surface area contributed by atoms with Crippen molar-refractivity contribution in [1.29, 1.82) is 0 Å². The second-order valence-corrected chi connectivity index (χ2v) is 5.51. The number of piperazine rings is 1. The van der Waals surface area contributed by atoms with E-state index in [1.165, 1.54) is 18.4 Å². The Morgan fingerprint density at radius 2 is 2.05 bits per heavy atom. The molecule has 0 unspecified atom stereocenters. The van der Waals surface area contributed by atoms with E-state index >= 15 is 0 Å². The normalized spacial score (nSPS) is 18.0. The highest BCUT2D eigenvalue weighted by atomic mass is 16.5. The number of ether oxygens (including phenoxy) is 1. The number of anilines is 1. The van der Waals surface area contributed by atoms with E-state index in [0.717, 1.165) is 13.1 Å². The molecule has 0 radical (unpaired) electrons. The standard InChI is InChI=1S/C16H23N3O3/c1-12-6-4-5-7-14(12)18-8-9-19(13(2)11-18)15(20)10-17-16(21)22-3/h4-7,13H,8-11H2,1-3H3,(H,17,21)/t13-/m1/s1. The number of amides is 2. The SMILES string of the molecule is COC(=O)NCC(=O)N1CCN(c2ccccc2C)C[C@H]1C. The molecule has 2 amide bonds. The minimum atomic E-state index is -0.584. The topological polar surface area (TPSA) is 61.9 Å². The van der Waals surface area contributed by atoms with Gasteiger partial charge in [0.05, 0.1) is 7.11 Å². The van der Waals surface area contributed by atoms with Gasteiger partial charge in [-0.3, -0.25) is 4.79 Å². The molecule has 2 rings (SSSR count). The molecule has 1 aromatic carbocycles. The van der Waals surface area contributed by atoms with E-state index in [4.69, 9.17) is 0 Å². The molecule has 120 valence electrons. The number of methoxy groups -OCH3 is 1. The molecule has 0 aromatic heterocycles. The van der Waals surface area contributed by atoms with Gasteiger partial charge in [-0.2, -0.15) is 0 Å². The van der Waals surface area contributed by atoms with E-state index < -0.39 is 6.09 Å². The second kappa shape index (κ2) is 7.15. The van der Waals surface area contributed by atoms with Gasteiger partial charge in [-0.1, -0.05) is 18.2 Å². The first-order valence-corrected chi connectivity index (χ1v) is 7.44. The molecule has 0 saturated carbocycles. The van der Waals surface area contributed by atoms with Crippen LogP contribution in [0.1, 0.15) is 12.5 Å². The van der Waals surface area contributed by atoms with E-state index in [2.05, 4.69) is 34.0 Å². The first kappa shape index (κ1) is 16.1. The first-order chi connectivity index (χ1) is 10.5. The summed E-state index contributed by atoms with van der Waals surface area (Å²) in [5.41, 5.74) is 2.45. The molecule has 6 heteroatoms. The number of para-hydroxylation sites is 1. The van der Waals surface area contributed by atoms with Gasteiger partial charge in [0, 0.05) is 31.4 Å². The van der Waals surface area contributed by atoms with Gasteiger partial charge in [-0.05, 0) is 25.5 Å². The number of nitrogens with one attached hydrogen (secondary N) is 1. The average Bonchev–Trinajstić information content (AvgIpc) is 2.52. The fourth-order valence-electron chi connectivity index (χ4n) is 2.79. The van der Waals surface area contributed by atoms with Crippen LogP contribution in [0.2, 0.25) is 0 Å². The lowest BCUT2D eigenvalue weighted by molar-refractivity contribution is -0.132. The van der Waals surface area contributed by atoms with Gasteiger partial charge in [0.2, 0.25) is 5.91 Å². The summed E-state index contributed by atoms with van der Waals surface area (Å²) >= 11 is 0. The van der Waals surface area contributed by atoms with Crippen molar-refractivity contribution >= 4 is 17.7 Å². The maximum atomic E-state index is 12.2. The lowest BCUT2D eigenvalue weighted by Crippen LogP contribution is -2.56.